The highest BCUT2D eigenvalue weighted by Gasteiger charge is 2.19. The monoisotopic (exact) mass is 249 g/mol. The van der Waals surface area contributed by atoms with E-state index in [1.165, 1.54) is 0 Å². The fourth-order valence-corrected chi connectivity index (χ4v) is 2.09. The summed E-state index contributed by atoms with van der Waals surface area (Å²) in [5.74, 6) is 1.50. The second kappa shape index (κ2) is 5.78. The molecule has 0 saturated heterocycles. The molecule has 1 heterocycles. The first-order valence-electron chi connectivity index (χ1n) is 6.04. The Morgan fingerprint density at radius 3 is 2.72 bits per heavy atom. The first-order valence-corrected chi connectivity index (χ1v) is 6.04. The van der Waals surface area contributed by atoms with Crippen molar-refractivity contribution in [1.82, 2.24) is 0 Å². The van der Waals surface area contributed by atoms with Crippen LogP contribution < -0.4 is 15.2 Å². The zero-order valence-corrected chi connectivity index (χ0v) is 10.8. The SMILES string of the molecule is COc1ccc(C(N)C2=COCCC2)c(OC)c1. The first kappa shape index (κ1) is 12.8. The van der Waals surface area contributed by atoms with E-state index in [9.17, 15) is 0 Å². The van der Waals surface area contributed by atoms with Crippen molar-refractivity contribution < 1.29 is 14.2 Å². The van der Waals surface area contributed by atoms with Gasteiger partial charge in [-0.05, 0) is 30.5 Å². The van der Waals surface area contributed by atoms with Crippen molar-refractivity contribution in [3.05, 3.63) is 35.6 Å². The van der Waals surface area contributed by atoms with Crippen LogP contribution in [0.15, 0.2) is 30.0 Å². The molecule has 98 valence electrons. The van der Waals surface area contributed by atoms with E-state index in [0.717, 1.165) is 42.1 Å². The maximum absolute atomic E-state index is 6.27. The van der Waals surface area contributed by atoms with Gasteiger partial charge in [-0.1, -0.05) is 0 Å². The average Bonchev–Trinajstić information content (AvgIpc) is 2.46. The van der Waals surface area contributed by atoms with E-state index in [0.29, 0.717) is 0 Å². The normalized spacial score (nSPS) is 16.5. The molecule has 0 aromatic heterocycles. The number of ether oxygens (including phenoxy) is 3. The Morgan fingerprint density at radius 2 is 2.11 bits per heavy atom. The minimum Gasteiger partial charge on any atom is -0.501 e. The quantitative estimate of drug-likeness (QED) is 0.890. The predicted molar refractivity (Wildman–Crippen MR) is 69.7 cm³/mol. The van der Waals surface area contributed by atoms with Crippen molar-refractivity contribution in [1.29, 1.82) is 0 Å². The van der Waals surface area contributed by atoms with E-state index in [-0.39, 0.29) is 6.04 Å². The van der Waals surface area contributed by atoms with Gasteiger partial charge in [-0.25, -0.2) is 0 Å². The maximum Gasteiger partial charge on any atom is 0.127 e. The molecule has 1 aromatic rings. The molecule has 0 bridgehead atoms. The highest BCUT2D eigenvalue weighted by atomic mass is 16.5. The Bertz CT molecular complexity index is 443. The van der Waals surface area contributed by atoms with E-state index < -0.39 is 0 Å². The van der Waals surface area contributed by atoms with Gasteiger partial charge in [-0.15, -0.1) is 0 Å². The number of methoxy groups -OCH3 is 2. The van der Waals surface area contributed by atoms with Gasteiger partial charge in [0.05, 0.1) is 33.1 Å². The van der Waals surface area contributed by atoms with Crippen molar-refractivity contribution in [3.8, 4) is 11.5 Å². The Labute approximate surface area is 107 Å². The lowest BCUT2D eigenvalue weighted by molar-refractivity contribution is 0.221. The first-order chi connectivity index (χ1) is 8.76. The maximum atomic E-state index is 6.27. The summed E-state index contributed by atoms with van der Waals surface area (Å²) in [7, 11) is 3.27. The molecule has 1 unspecified atom stereocenters. The Kier molecular flexibility index (Phi) is 4.10. The minimum absolute atomic E-state index is 0.189. The molecule has 2 rings (SSSR count). The van der Waals surface area contributed by atoms with Gasteiger partial charge in [0.15, 0.2) is 0 Å². The lowest BCUT2D eigenvalue weighted by Gasteiger charge is -2.22. The van der Waals surface area contributed by atoms with E-state index in [4.69, 9.17) is 19.9 Å². The summed E-state index contributed by atoms with van der Waals surface area (Å²) < 4.78 is 15.9. The number of hydrogen-bond acceptors (Lipinski definition) is 4. The number of rotatable bonds is 4. The smallest absolute Gasteiger partial charge is 0.127 e. The fraction of sp³-hybridized carbons (Fsp3) is 0.429. The molecule has 0 radical (unpaired) electrons. The van der Waals surface area contributed by atoms with Crippen molar-refractivity contribution in [2.24, 2.45) is 5.73 Å². The van der Waals surface area contributed by atoms with Crippen molar-refractivity contribution in [2.75, 3.05) is 20.8 Å². The summed E-state index contributed by atoms with van der Waals surface area (Å²) in [4.78, 5) is 0. The Morgan fingerprint density at radius 1 is 1.28 bits per heavy atom. The van der Waals surface area contributed by atoms with Crippen LogP contribution in [0.4, 0.5) is 0 Å². The zero-order valence-electron chi connectivity index (χ0n) is 10.8. The lowest BCUT2D eigenvalue weighted by Crippen LogP contribution is -2.17. The molecule has 4 heteroatoms. The van der Waals surface area contributed by atoms with E-state index in [1.54, 1.807) is 20.5 Å². The molecule has 1 aliphatic heterocycles. The largest absolute Gasteiger partial charge is 0.501 e. The summed E-state index contributed by atoms with van der Waals surface area (Å²) in [5.41, 5.74) is 8.32. The molecule has 0 saturated carbocycles. The summed E-state index contributed by atoms with van der Waals surface area (Å²) >= 11 is 0. The number of benzene rings is 1. The van der Waals surface area contributed by atoms with E-state index in [2.05, 4.69) is 0 Å². The molecule has 0 amide bonds. The molecule has 0 fully saturated rings. The van der Waals surface area contributed by atoms with Gasteiger partial charge in [0, 0.05) is 11.6 Å². The Balaban J connectivity index is 2.28. The highest BCUT2D eigenvalue weighted by Crippen LogP contribution is 2.33. The van der Waals surface area contributed by atoms with Crippen LogP contribution in [0.5, 0.6) is 11.5 Å². The molecule has 4 nitrogen and oxygen atoms in total. The van der Waals surface area contributed by atoms with Gasteiger partial charge in [0.25, 0.3) is 0 Å². The van der Waals surface area contributed by atoms with Crippen LogP contribution in [-0.4, -0.2) is 20.8 Å². The molecule has 0 spiro atoms. The summed E-state index contributed by atoms with van der Waals surface area (Å²) in [6.45, 7) is 0.774. The van der Waals surface area contributed by atoms with Gasteiger partial charge in [0.2, 0.25) is 0 Å². The van der Waals surface area contributed by atoms with E-state index in [1.807, 2.05) is 18.2 Å². The third-order valence-electron chi connectivity index (χ3n) is 3.14. The van der Waals surface area contributed by atoms with E-state index >= 15 is 0 Å². The van der Waals surface area contributed by atoms with Gasteiger partial charge >= 0.3 is 0 Å². The van der Waals surface area contributed by atoms with Crippen LogP contribution in [-0.2, 0) is 4.74 Å². The standard InChI is InChI=1S/C14H19NO3/c1-16-11-5-6-12(13(8-11)17-2)14(15)10-4-3-7-18-9-10/h5-6,8-9,14H,3-4,7,15H2,1-2H3. The van der Waals surface area contributed by atoms with Crippen LogP contribution >= 0.6 is 0 Å². The van der Waals surface area contributed by atoms with Crippen molar-refractivity contribution >= 4 is 0 Å². The minimum atomic E-state index is -0.189. The number of nitrogens with two attached hydrogens (primary N) is 1. The predicted octanol–water partition coefficient (Wildman–Crippen LogP) is 2.40. The molecule has 1 atom stereocenters. The second-order valence-corrected chi connectivity index (χ2v) is 4.25. The third kappa shape index (κ3) is 2.59. The molecule has 0 aliphatic carbocycles. The van der Waals surface area contributed by atoms with Crippen LogP contribution in [0.25, 0.3) is 0 Å². The van der Waals surface area contributed by atoms with Crippen LogP contribution in [0.3, 0.4) is 0 Å². The average molecular weight is 249 g/mol. The second-order valence-electron chi connectivity index (χ2n) is 4.25. The topological polar surface area (TPSA) is 53.7 Å². The lowest BCUT2D eigenvalue weighted by atomic mass is 9.95. The van der Waals surface area contributed by atoms with Gasteiger partial charge in [-0.2, -0.15) is 0 Å². The molecule has 1 aromatic carbocycles. The Hall–Kier alpha value is -1.68. The van der Waals surface area contributed by atoms with Gasteiger partial charge in [-0.3, -0.25) is 0 Å². The van der Waals surface area contributed by atoms with Crippen molar-refractivity contribution in [2.45, 2.75) is 18.9 Å². The fourth-order valence-electron chi connectivity index (χ4n) is 2.09. The summed E-state index contributed by atoms with van der Waals surface area (Å²) in [5, 5.41) is 0. The molecule has 1 aliphatic rings. The van der Waals surface area contributed by atoms with Gasteiger partial charge < -0.3 is 19.9 Å². The molecular formula is C14H19NO3. The molecule has 2 N–H and O–H groups in total. The van der Waals surface area contributed by atoms with Crippen LogP contribution in [0.2, 0.25) is 0 Å². The van der Waals surface area contributed by atoms with Crippen molar-refractivity contribution in [3.63, 3.8) is 0 Å². The zero-order chi connectivity index (χ0) is 13.0. The number of hydrogen-bond donors (Lipinski definition) is 1. The third-order valence-corrected chi connectivity index (χ3v) is 3.14. The summed E-state index contributed by atoms with van der Waals surface area (Å²) in [6, 6.07) is 5.49. The van der Waals surface area contributed by atoms with Crippen LogP contribution in [0.1, 0.15) is 24.4 Å². The molecule has 18 heavy (non-hydrogen) atoms. The highest BCUT2D eigenvalue weighted by molar-refractivity contribution is 5.45. The van der Waals surface area contributed by atoms with Crippen LogP contribution in [0, 0.1) is 0 Å². The molecular weight excluding hydrogens is 230 g/mol. The summed E-state index contributed by atoms with van der Waals surface area (Å²) in [6.07, 6.45) is 3.76. The van der Waals surface area contributed by atoms with Gasteiger partial charge in [0.1, 0.15) is 11.5 Å².